The van der Waals surface area contributed by atoms with E-state index in [0.717, 1.165) is 91.9 Å². The molecule has 4 heteroatoms. The fourth-order valence-electron chi connectivity index (χ4n) is 12.1. The average Bonchev–Trinajstić information content (AvgIpc) is 3.31. The van der Waals surface area contributed by atoms with E-state index in [1.165, 1.54) is 22.3 Å². The summed E-state index contributed by atoms with van der Waals surface area (Å²) in [5.41, 5.74) is 18.0. The second kappa shape index (κ2) is 20.8. The summed E-state index contributed by atoms with van der Waals surface area (Å²) >= 11 is 0. The maximum atomic E-state index is 4.01. The largest absolute Gasteiger partial charge is 0.351 e. The van der Waals surface area contributed by atoms with Crippen LogP contribution in [0.1, 0.15) is 48.9 Å². The highest BCUT2D eigenvalue weighted by molar-refractivity contribution is 6.09. The molecule has 10 aromatic carbocycles. The first-order chi connectivity index (χ1) is 38.2. The SMILES string of the molecule is Cc1ccc([N+](c2ccccc2)(c2ccccc2NC2=CCC(C)(c3ccccc3)C=C2)c2ccc([N+](c3ccccc3)(c3ccc(C)cc3)c3ccccc3NC3=CCC(C)(c4ccccc4)C=C3)c3ccccc23)cc1. The van der Waals surface area contributed by atoms with Gasteiger partial charge in [-0.15, -0.1) is 0 Å². The van der Waals surface area contributed by atoms with Crippen molar-refractivity contribution in [1.82, 2.24) is 8.97 Å². The van der Waals surface area contributed by atoms with Gasteiger partial charge in [-0.3, -0.25) is 0 Å². The predicted molar refractivity (Wildman–Crippen MR) is 332 cm³/mol. The van der Waals surface area contributed by atoms with Crippen LogP contribution < -0.4 is 19.6 Å². The lowest BCUT2D eigenvalue weighted by molar-refractivity contribution is 0.596. The fourth-order valence-corrected chi connectivity index (χ4v) is 12.1. The van der Waals surface area contributed by atoms with E-state index in [0.29, 0.717) is 8.97 Å². The molecule has 380 valence electrons. The van der Waals surface area contributed by atoms with Crippen molar-refractivity contribution >= 4 is 67.6 Å². The summed E-state index contributed by atoms with van der Waals surface area (Å²) < 4.78 is 0.612. The van der Waals surface area contributed by atoms with Crippen molar-refractivity contribution in [2.45, 2.75) is 51.4 Å². The highest BCUT2D eigenvalue weighted by atomic mass is 15.4. The van der Waals surface area contributed by atoms with Crippen LogP contribution in [0.3, 0.4) is 0 Å². The minimum Gasteiger partial charge on any atom is -0.351 e. The van der Waals surface area contributed by atoms with Crippen LogP contribution in [-0.2, 0) is 10.8 Å². The molecular formula is C74H66N4+2. The number of rotatable bonds is 14. The maximum Gasteiger partial charge on any atom is 0.171 e. The lowest BCUT2D eigenvalue weighted by Crippen LogP contribution is -2.36. The van der Waals surface area contributed by atoms with Crippen LogP contribution in [0.5, 0.6) is 0 Å². The number of quaternary nitrogens is 2. The molecule has 0 amide bonds. The third-order valence-electron chi connectivity index (χ3n) is 16.4. The summed E-state index contributed by atoms with van der Waals surface area (Å²) in [7, 11) is 0. The van der Waals surface area contributed by atoms with Gasteiger partial charge in [-0.25, -0.2) is 0 Å². The first-order valence-corrected chi connectivity index (χ1v) is 27.4. The molecule has 0 aromatic heterocycles. The molecule has 4 atom stereocenters. The third-order valence-corrected chi connectivity index (χ3v) is 16.4. The van der Waals surface area contributed by atoms with Crippen molar-refractivity contribution in [3.05, 3.63) is 325 Å². The smallest absolute Gasteiger partial charge is 0.171 e. The Bertz CT molecular complexity index is 3630. The van der Waals surface area contributed by atoms with Crippen LogP contribution in [0.15, 0.2) is 303 Å². The van der Waals surface area contributed by atoms with Gasteiger partial charge in [0.2, 0.25) is 0 Å². The van der Waals surface area contributed by atoms with Crippen LogP contribution in [-0.4, -0.2) is 0 Å². The van der Waals surface area contributed by atoms with Gasteiger partial charge < -0.3 is 10.6 Å². The average molecular weight is 1010 g/mol. The van der Waals surface area contributed by atoms with Gasteiger partial charge in [0.25, 0.3) is 0 Å². The van der Waals surface area contributed by atoms with Crippen LogP contribution in [0.2, 0.25) is 0 Å². The van der Waals surface area contributed by atoms with E-state index in [1.54, 1.807) is 0 Å². The molecule has 4 unspecified atom stereocenters. The first-order valence-electron chi connectivity index (χ1n) is 27.4. The van der Waals surface area contributed by atoms with E-state index in [-0.39, 0.29) is 10.8 Å². The monoisotopic (exact) mass is 1010 g/mol. The molecule has 0 saturated heterocycles. The zero-order chi connectivity index (χ0) is 53.2. The molecule has 0 aliphatic heterocycles. The number of anilines is 2. The van der Waals surface area contributed by atoms with Crippen molar-refractivity contribution in [3.63, 3.8) is 0 Å². The topological polar surface area (TPSA) is 24.1 Å². The van der Waals surface area contributed by atoms with Gasteiger partial charge in [0.1, 0.15) is 34.1 Å². The molecule has 2 N–H and O–H groups in total. The second-order valence-electron chi connectivity index (χ2n) is 21.6. The summed E-state index contributed by atoms with van der Waals surface area (Å²) in [6.45, 7) is 9.01. The predicted octanol–water partition coefficient (Wildman–Crippen LogP) is 20.5. The summed E-state index contributed by atoms with van der Waals surface area (Å²) in [5, 5.41) is 10.3. The Balaban J connectivity index is 1.09. The van der Waals surface area contributed by atoms with Gasteiger partial charge in [-0.1, -0.05) is 207 Å². The van der Waals surface area contributed by atoms with Crippen LogP contribution >= 0.6 is 0 Å². The van der Waals surface area contributed by atoms with Crippen LogP contribution in [0.25, 0.3) is 10.8 Å². The number of aryl methyl sites for hydroxylation is 2. The number of benzene rings is 10. The number of fused-ring (bicyclic) bond motifs is 1. The Morgan fingerprint density at radius 1 is 0.321 bits per heavy atom. The highest BCUT2D eigenvalue weighted by Crippen LogP contribution is 2.61. The van der Waals surface area contributed by atoms with Gasteiger partial charge >= 0.3 is 0 Å². The molecule has 10 aromatic rings. The number of hydrogen-bond donors (Lipinski definition) is 2. The molecule has 4 nitrogen and oxygen atoms in total. The second-order valence-corrected chi connectivity index (χ2v) is 21.6. The Kier molecular flexibility index (Phi) is 13.3. The lowest BCUT2D eigenvalue weighted by Gasteiger charge is -2.41. The maximum absolute atomic E-state index is 4.01. The minimum absolute atomic E-state index is 0.101. The zero-order valence-corrected chi connectivity index (χ0v) is 45.0. The molecule has 78 heavy (non-hydrogen) atoms. The van der Waals surface area contributed by atoms with E-state index in [4.69, 9.17) is 0 Å². The number of nitrogens with one attached hydrogen (secondary N) is 2. The van der Waals surface area contributed by atoms with Gasteiger partial charge in [0.15, 0.2) is 22.7 Å². The molecule has 0 radical (unpaired) electrons. The van der Waals surface area contributed by atoms with Crippen molar-refractivity contribution < 1.29 is 0 Å². The molecule has 0 spiro atoms. The Labute approximate surface area is 461 Å². The van der Waals surface area contributed by atoms with Gasteiger partial charge in [0.05, 0.1) is 10.8 Å². The Morgan fingerprint density at radius 3 is 1.00 bits per heavy atom. The fraction of sp³-hybridized carbons (Fsp3) is 0.108. The van der Waals surface area contributed by atoms with Crippen molar-refractivity contribution in [2.75, 3.05) is 10.6 Å². The van der Waals surface area contributed by atoms with Crippen LogP contribution in [0, 0.1) is 13.8 Å². The summed E-state index contributed by atoms with van der Waals surface area (Å²) in [5.74, 6) is 0. The number of hydrogen-bond acceptors (Lipinski definition) is 2. The standard InChI is InChI=1S/C74H66N4/c1-55-37-41-63(42-38-55)77(61-27-13-7-14-28-61,71-35-21-19-33-67(71)75-59-47-51-73(3,52-48-59)57-23-9-5-10-24-57)69-45-46-70(66-32-18-17-31-65(66)69)78(62-29-15-8-16-30-62,64-43-39-56(2)40-44-64)72-36-22-20-34-68(72)76-60-49-53-74(4,54-50-60)58-25-11-6-12-26-58/h5-51,53,75-76H,52,54H2,1-4H3/q+2. The van der Waals surface area contributed by atoms with E-state index < -0.39 is 0 Å². The quantitative estimate of drug-likeness (QED) is 0.106. The molecule has 0 heterocycles. The van der Waals surface area contributed by atoms with E-state index >= 15 is 0 Å². The number of allylic oxidation sites excluding steroid dienone is 6. The van der Waals surface area contributed by atoms with Gasteiger partial charge in [-0.2, -0.15) is 8.97 Å². The molecular weight excluding hydrogens is 945 g/mol. The lowest BCUT2D eigenvalue weighted by atomic mass is 9.77. The number of nitrogens with zero attached hydrogens (tertiary/aromatic N) is 2. The van der Waals surface area contributed by atoms with E-state index in [1.807, 2.05) is 0 Å². The summed E-state index contributed by atoms with van der Waals surface area (Å²) in [6, 6.07) is 93.9. The van der Waals surface area contributed by atoms with E-state index in [2.05, 4.69) is 330 Å². The summed E-state index contributed by atoms with van der Waals surface area (Å²) in [4.78, 5) is 0. The normalized spacial score (nSPS) is 18.5. The van der Waals surface area contributed by atoms with Gasteiger partial charge in [0, 0.05) is 95.0 Å². The first kappa shape index (κ1) is 49.8. The Morgan fingerprint density at radius 2 is 0.641 bits per heavy atom. The molecule has 0 bridgehead atoms. The van der Waals surface area contributed by atoms with Crippen molar-refractivity contribution in [1.29, 1.82) is 0 Å². The third kappa shape index (κ3) is 8.89. The van der Waals surface area contributed by atoms with E-state index in [9.17, 15) is 0 Å². The zero-order valence-electron chi connectivity index (χ0n) is 45.0. The molecule has 12 rings (SSSR count). The molecule has 0 fully saturated rings. The molecule has 0 saturated carbocycles. The highest BCUT2D eigenvalue weighted by Gasteiger charge is 2.47. The van der Waals surface area contributed by atoms with Crippen LogP contribution in [0.4, 0.5) is 56.9 Å². The van der Waals surface area contributed by atoms with Crippen molar-refractivity contribution in [2.24, 2.45) is 0 Å². The molecule has 2 aliphatic carbocycles. The number of para-hydroxylation sites is 6. The van der Waals surface area contributed by atoms with Crippen molar-refractivity contribution in [3.8, 4) is 0 Å². The summed E-state index contributed by atoms with van der Waals surface area (Å²) in [6.07, 6.45) is 15.7. The minimum atomic E-state index is -0.101. The molecule has 2 aliphatic rings. The van der Waals surface area contributed by atoms with Gasteiger partial charge in [-0.05, 0) is 74.2 Å². The Hall–Kier alpha value is -9.06.